The van der Waals surface area contributed by atoms with Crippen molar-refractivity contribution in [2.45, 2.75) is 38.6 Å². The maximum Gasteiger partial charge on any atom is 0.343 e. The Morgan fingerprint density at radius 3 is 2.79 bits per heavy atom. The molecule has 1 atom stereocenters. The van der Waals surface area contributed by atoms with Gasteiger partial charge in [-0.25, -0.2) is 14.2 Å². The molecule has 6 rings (SSSR count). The average molecular weight is 450 g/mol. The van der Waals surface area contributed by atoms with Crippen molar-refractivity contribution in [3.05, 3.63) is 63.5 Å². The molecule has 0 fully saturated rings. The van der Waals surface area contributed by atoms with Crippen molar-refractivity contribution in [3.8, 4) is 17.1 Å². The van der Waals surface area contributed by atoms with Crippen LogP contribution in [0.4, 0.5) is 4.39 Å². The summed E-state index contributed by atoms with van der Waals surface area (Å²) in [5, 5.41) is 11.7. The number of aromatic nitrogens is 2. The Morgan fingerprint density at radius 1 is 1.21 bits per heavy atom. The molecule has 0 aliphatic carbocycles. The summed E-state index contributed by atoms with van der Waals surface area (Å²) < 4.78 is 27.1. The Labute approximate surface area is 188 Å². The maximum absolute atomic E-state index is 14.8. The van der Waals surface area contributed by atoms with E-state index in [1.165, 1.54) is 6.07 Å². The fraction of sp³-hybridized carbons (Fsp3) is 0.333. The lowest BCUT2D eigenvalue weighted by Crippen LogP contribution is -2.44. The van der Waals surface area contributed by atoms with Crippen molar-refractivity contribution < 1.29 is 23.8 Å². The summed E-state index contributed by atoms with van der Waals surface area (Å²) in [7, 11) is 0. The summed E-state index contributed by atoms with van der Waals surface area (Å²) in [5.74, 6) is -1.03. The van der Waals surface area contributed by atoms with Crippen LogP contribution in [0, 0.1) is 12.7 Å². The molecule has 5 heterocycles. The monoisotopic (exact) mass is 450 g/mol. The highest BCUT2D eigenvalue weighted by molar-refractivity contribution is 5.89. The number of hydrogen-bond acceptors (Lipinski definition) is 7. The van der Waals surface area contributed by atoms with Gasteiger partial charge in [0.25, 0.3) is 5.56 Å². The number of nitrogens with zero attached hydrogens (tertiary/aromatic N) is 3. The standard InChI is InChI=1S/C24H21FN3O5/c1-3-24(31)16-6-19-20-12(8-28(19)22(29)15(16)10-32-23(24)30)5-13-14-9-27(4-2)11-33-21(14)17(25)7-18(13)26-20/h5-7,31H,2-4,8-11H2,1H3/t24-/m0/s1. The molecule has 0 bridgehead atoms. The van der Waals surface area contributed by atoms with Gasteiger partial charge in [0.2, 0.25) is 0 Å². The van der Waals surface area contributed by atoms with Gasteiger partial charge in [0, 0.05) is 41.2 Å². The number of rotatable bonds is 2. The first-order valence-electron chi connectivity index (χ1n) is 10.8. The van der Waals surface area contributed by atoms with Gasteiger partial charge in [0.05, 0.1) is 29.0 Å². The van der Waals surface area contributed by atoms with Gasteiger partial charge in [-0.1, -0.05) is 6.92 Å². The highest BCUT2D eigenvalue weighted by Gasteiger charge is 2.45. The van der Waals surface area contributed by atoms with Crippen molar-refractivity contribution in [1.82, 2.24) is 14.5 Å². The molecule has 1 N–H and O–H groups in total. The first kappa shape index (κ1) is 20.3. The van der Waals surface area contributed by atoms with Crippen LogP contribution in [-0.4, -0.2) is 38.8 Å². The van der Waals surface area contributed by atoms with Crippen molar-refractivity contribution in [1.29, 1.82) is 0 Å². The van der Waals surface area contributed by atoms with Crippen LogP contribution in [0.15, 0.2) is 23.0 Å². The van der Waals surface area contributed by atoms with Crippen LogP contribution in [0.3, 0.4) is 0 Å². The zero-order chi connectivity index (χ0) is 23.1. The van der Waals surface area contributed by atoms with Gasteiger partial charge in [-0.3, -0.25) is 9.69 Å². The number of ether oxygens (including phenoxy) is 2. The van der Waals surface area contributed by atoms with Crippen molar-refractivity contribution >= 4 is 16.9 Å². The number of halogens is 1. The molecule has 0 saturated carbocycles. The van der Waals surface area contributed by atoms with Gasteiger partial charge < -0.3 is 19.1 Å². The molecule has 0 unspecified atom stereocenters. The van der Waals surface area contributed by atoms with E-state index >= 15 is 0 Å². The Morgan fingerprint density at radius 2 is 2.03 bits per heavy atom. The summed E-state index contributed by atoms with van der Waals surface area (Å²) in [6.45, 7) is 6.91. The van der Waals surface area contributed by atoms with E-state index in [4.69, 9.17) is 14.5 Å². The van der Waals surface area contributed by atoms with E-state index in [2.05, 4.69) is 6.92 Å². The number of carbonyl (C=O) groups is 1. The number of aliphatic hydroxyl groups is 1. The van der Waals surface area contributed by atoms with E-state index in [9.17, 15) is 19.1 Å². The molecule has 1 aromatic carbocycles. The zero-order valence-electron chi connectivity index (χ0n) is 18.0. The van der Waals surface area contributed by atoms with E-state index in [0.29, 0.717) is 35.6 Å². The average Bonchev–Trinajstić information content (AvgIpc) is 3.18. The molecule has 3 aromatic rings. The van der Waals surface area contributed by atoms with Crippen LogP contribution >= 0.6 is 0 Å². The number of carbonyl (C=O) groups excluding carboxylic acids is 1. The quantitative estimate of drug-likeness (QED) is 0.468. The van der Waals surface area contributed by atoms with Crippen molar-refractivity contribution in [2.75, 3.05) is 13.3 Å². The number of benzene rings is 1. The van der Waals surface area contributed by atoms with Gasteiger partial charge in [-0.15, -0.1) is 0 Å². The molecular weight excluding hydrogens is 429 g/mol. The predicted molar refractivity (Wildman–Crippen MR) is 116 cm³/mol. The van der Waals surface area contributed by atoms with Gasteiger partial charge >= 0.3 is 5.97 Å². The van der Waals surface area contributed by atoms with E-state index in [1.807, 2.05) is 11.0 Å². The first-order valence-corrected chi connectivity index (χ1v) is 10.8. The second kappa shape index (κ2) is 6.85. The van der Waals surface area contributed by atoms with Crippen LogP contribution in [0.5, 0.6) is 5.75 Å². The minimum Gasteiger partial charge on any atom is -0.475 e. The smallest absolute Gasteiger partial charge is 0.343 e. The number of hydrogen-bond donors (Lipinski definition) is 1. The van der Waals surface area contributed by atoms with Crippen molar-refractivity contribution in [2.24, 2.45) is 0 Å². The Balaban J connectivity index is 1.58. The highest BCUT2D eigenvalue weighted by Crippen LogP contribution is 2.41. The van der Waals surface area contributed by atoms with Crippen LogP contribution in [-0.2, 0) is 34.8 Å². The van der Waals surface area contributed by atoms with Crippen LogP contribution < -0.4 is 10.3 Å². The summed E-state index contributed by atoms with van der Waals surface area (Å²) in [6, 6.07) is 4.91. The lowest BCUT2D eigenvalue weighted by molar-refractivity contribution is -0.172. The molecule has 0 amide bonds. The maximum atomic E-state index is 14.8. The SMILES string of the molecule is [CH2]CN1COc2c(F)cc3nc4c(cc3c2C1)Cn1c-4cc2c(c1=O)COC(=O)[C@]2(O)CC. The second-order valence-corrected chi connectivity index (χ2v) is 8.66. The molecule has 33 heavy (non-hydrogen) atoms. The fourth-order valence-corrected chi connectivity index (χ4v) is 5.02. The van der Waals surface area contributed by atoms with E-state index < -0.39 is 17.4 Å². The van der Waals surface area contributed by atoms with Crippen molar-refractivity contribution in [3.63, 3.8) is 0 Å². The van der Waals surface area contributed by atoms with Gasteiger partial charge in [0.1, 0.15) is 13.3 Å². The Hall–Kier alpha value is -3.30. The third kappa shape index (κ3) is 2.66. The van der Waals surface area contributed by atoms with E-state index in [1.54, 1.807) is 17.6 Å². The zero-order valence-corrected chi connectivity index (χ0v) is 18.0. The normalized spacial score (nSPS) is 21.2. The van der Waals surface area contributed by atoms with Gasteiger partial charge in [0.15, 0.2) is 17.2 Å². The molecule has 2 aromatic heterocycles. The predicted octanol–water partition coefficient (Wildman–Crippen LogP) is 2.20. The summed E-state index contributed by atoms with van der Waals surface area (Å²) >= 11 is 0. The third-order valence-corrected chi connectivity index (χ3v) is 6.91. The first-order chi connectivity index (χ1) is 15.9. The number of cyclic esters (lactones) is 1. The fourth-order valence-electron chi connectivity index (χ4n) is 5.02. The molecule has 0 saturated heterocycles. The minimum atomic E-state index is -1.89. The summed E-state index contributed by atoms with van der Waals surface area (Å²) in [6.07, 6.45) is 0.0693. The van der Waals surface area contributed by atoms with Crippen LogP contribution in [0.2, 0.25) is 0 Å². The molecule has 3 aliphatic rings. The highest BCUT2D eigenvalue weighted by atomic mass is 19.1. The molecule has 9 heteroatoms. The lowest BCUT2D eigenvalue weighted by atomic mass is 9.86. The minimum absolute atomic E-state index is 0.0693. The third-order valence-electron chi connectivity index (χ3n) is 6.91. The van der Waals surface area contributed by atoms with E-state index in [-0.39, 0.29) is 48.7 Å². The summed E-state index contributed by atoms with van der Waals surface area (Å²) in [5.41, 5.74) is 1.28. The Bertz CT molecular complexity index is 1430. The molecule has 0 spiro atoms. The van der Waals surface area contributed by atoms with Crippen LogP contribution in [0.1, 0.15) is 35.6 Å². The molecule has 3 aliphatic heterocycles. The largest absolute Gasteiger partial charge is 0.475 e. The van der Waals surface area contributed by atoms with Gasteiger partial charge in [-0.05, 0) is 25.5 Å². The molecule has 169 valence electrons. The van der Waals surface area contributed by atoms with Crippen LogP contribution in [0.25, 0.3) is 22.3 Å². The number of esters is 1. The lowest BCUT2D eigenvalue weighted by Gasteiger charge is -2.31. The number of pyridine rings is 2. The van der Waals surface area contributed by atoms with Gasteiger partial charge in [-0.2, -0.15) is 0 Å². The second-order valence-electron chi connectivity index (χ2n) is 8.66. The summed E-state index contributed by atoms with van der Waals surface area (Å²) in [4.78, 5) is 32.3. The van der Waals surface area contributed by atoms with E-state index in [0.717, 1.165) is 10.9 Å². The topological polar surface area (TPSA) is 93.9 Å². The Kier molecular flexibility index (Phi) is 4.22. The molecule has 1 radical (unpaired) electrons. The molecule has 8 nitrogen and oxygen atoms in total. The molecular formula is C24H21FN3O5. The number of fused-ring (bicyclic) bond motifs is 7.